The van der Waals surface area contributed by atoms with Crippen LogP contribution in [-0.4, -0.2) is 97.7 Å². The van der Waals surface area contributed by atoms with Crippen LogP contribution in [0.25, 0.3) is 21.8 Å². The van der Waals surface area contributed by atoms with E-state index >= 15 is 0 Å². The number of terminal acetylenes is 1. The molecule has 0 bridgehead atoms. The molecule has 19 rings (SSSR count). The lowest BCUT2D eigenvalue weighted by atomic mass is 10.0. The summed E-state index contributed by atoms with van der Waals surface area (Å²) in [5.41, 5.74) is 21.8. The lowest BCUT2D eigenvalue weighted by Crippen LogP contribution is -2.27. The van der Waals surface area contributed by atoms with Gasteiger partial charge in [0.2, 0.25) is 0 Å². The predicted octanol–water partition coefficient (Wildman–Crippen LogP) is 25.2. The van der Waals surface area contributed by atoms with E-state index in [9.17, 15) is 4.79 Å². The largest absolute Gasteiger partial charge is 0.358 e. The molecule has 0 fully saturated rings. The van der Waals surface area contributed by atoms with Gasteiger partial charge in [0.25, 0.3) is 0 Å². The van der Waals surface area contributed by atoms with E-state index in [-0.39, 0.29) is 13.2 Å². The van der Waals surface area contributed by atoms with Gasteiger partial charge in [-0.1, -0.05) is 294 Å². The summed E-state index contributed by atoms with van der Waals surface area (Å²) < 4.78 is 8.16. The zero-order valence-electron chi connectivity index (χ0n) is 78.0. The van der Waals surface area contributed by atoms with Gasteiger partial charge in [-0.25, -0.2) is 0 Å². The second-order valence-electron chi connectivity index (χ2n) is 34.3. The van der Waals surface area contributed by atoms with Crippen molar-refractivity contribution >= 4 is 103 Å². The van der Waals surface area contributed by atoms with Crippen molar-refractivity contribution in [2.75, 3.05) is 22.9 Å². The number of aromatic nitrogens is 14. The molecule has 0 unspecified atom stereocenters. The average Bonchev–Trinajstić information content (AvgIpc) is 1.25. The summed E-state index contributed by atoms with van der Waals surface area (Å²) in [6.45, 7) is 15.0. The number of nitriles is 2. The Morgan fingerprint density at radius 1 is 0.352 bits per heavy atom. The van der Waals surface area contributed by atoms with Crippen LogP contribution in [0.15, 0.2) is 359 Å². The number of halogens is 5. The first-order chi connectivity index (χ1) is 68.8. The molecule has 0 aliphatic heterocycles. The van der Waals surface area contributed by atoms with E-state index in [2.05, 4.69) is 231 Å². The zero-order chi connectivity index (χ0) is 97.8. The molecule has 0 saturated heterocycles. The van der Waals surface area contributed by atoms with Crippen LogP contribution in [0.1, 0.15) is 130 Å². The van der Waals surface area contributed by atoms with Crippen molar-refractivity contribution in [1.29, 1.82) is 10.5 Å². The summed E-state index contributed by atoms with van der Waals surface area (Å²) in [7, 11) is 0. The highest BCUT2D eigenvalue weighted by molar-refractivity contribution is 6.37. The fourth-order valence-electron chi connectivity index (χ4n) is 16.1. The minimum absolute atomic E-state index is 0. The van der Waals surface area contributed by atoms with Gasteiger partial charge in [-0.3, -0.25) is 24.6 Å². The second kappa shape index (κ2) is 49.8. The summed E-state index contributed by atoms with van der Waals surface area (Å²) in [5.74, 6) is 5.97. The Bertz CT molecular complexity index is 7520. The molecule has 0 radical (unpaired) electrons. The number of anilines is 3. The van der Waals surface area contributed by atoms with Crippen LogP contribution in [-0.2, 0) is 84.8 Å². The molecule has 0 aliphatic rings. The number of hydrogen-bond donors (Lipinski definition) is 0. The minimum Gasteiger partial charge on any atom is -0.358 e. The number of hydrogen-bond acceptors (Lipinski definition) is 17. The van der Waals surface area contributed by atoms with Crippen molar-refractivity contribution in [1.82, 2.24) is 78.8 Å². The molecular formula is C116H103Cl5N20O. The molecule has 0 saturated carbocycles. The van der Waals surface area contributed by atoms with Gasteiger partial charge in [0.1, 0.15) is 37.0 Å². The van der Waals surface area contributed by atoms with E-state index in [0.717, 1.165) is 141 Å². The Morgan fingerprint density at radius 2 is 0.739 bits per heavy atom. The van der Waals surface area contributed by atoms with E-state index in [1.165, 1.54) is 38.8 Å². The summed E-state index contributed by atoms with van der Waals surface area (Å²) in [6.07, 6.45) is 14.4. The number of aryl methyl sites for hydroxylation is 3. The highest BCUT2D eigenvalue weighted by Gasteiger charge is 2.23. The molecule has 26 heteroatoms. The maximum atomic E-state index is 12.9. The Kier molecular flexibility index (Phi) is 35.4. The molecule has 6 aromatic heterocycles. The first kappa shape index (κ1) is 101. The van der Waals surface area contributed by atoms with Crippen LogP contribution in [0.4, 0.5) is 17.1 Å². The molecule has 19 aromatic rings. The molecule has 142 heavy (non-hydrogen) atoms. The molecule has 0 amide bonds. The average molecular weight is 1970 g/mol. The quantitative estimate of drug-likeness (QED) is 0.0275. The van der Waals surface area contributed by atoms with Crippen molar-refractivity contribution in [3.8, 4) is 24.5 Å². The van der Waals surface area contributed by atoms with Crippen molar-refractivity contribution in [3.05, 3.63) is 502 Å². The summed E-state index contributed by atoms with van der Waals surface area (Å²) >= 11 is 31.9. The van der Waals surface area contributed by atoms with E-state index in [0.29, 0.717) is 101 Å². The van der Waals surface area contributed by atoms with Crippen molar-refractivity contribution in [2.45, 2.75) is 113 Å². The first-order valence-electron chi connectivity index (χ1n) is 46.0. The number of benzene rings is 13. The van der Waals surface area contributed by atoms with E-state index in [1.54, 1.807) is 73.6 Å². The molecular weight excluding hydrogens is 1870 g/mol. The predicted molar refractivity (Wildman–Crippen MR) is 569 cm³/mol. The van der Waals surface area contributed by atoms with Crippen LogP contribution < -0.4 is 9.80 Å². The lowest BCUT2D eigenvalue weighted by Gasteiger charge is -2.26. The SMILES string of the molecule is C.C#Cc1ccc(CN(Cc2nncn2Cc2ccc(C#N)cc2)c2ccc(Cl)cc2Cl)cc1.Cc1ccc(CCN(Cc2ccc3ccccc3n2)Cc2nncn2Cc2ccc(C)cc2)cc1.Cc1ccc(CCN(Cc2ccc3ccccc3n2)Cc2nncn2Cc2ccccc2Cl)cc1.N#Cc1ccc(Cn2cnnc2CN(c2ccc(C(=O)c3ccccc3)cc2)c2ccc(Cl)cc2Cl)cc1. The Morgan fingerprint density at radius 3 is 1.19 bits per heavy atom. The lowest BCUT2D eigenvalue weighted by molar-refractivity contribution is 0.103. The van der Waals surface area contributed by atoms with Gasteiger partial charge in [0, 0.05) is 80.9 Å². The van der Waals surface area contributed by atoms with E-state index < -0.39 is 0 Å². The smallest absolute Gasteiger partial charge is 0.193 e. The molecule has 13 aromatic carbocycles. The molecule has 0 aliphatic carbocycles. The van der Waals surface area contributed by atoms with Crippen LogP contribution in [0.2, 0.25) is 25.1 Å². The zero-order valence-corrected chi connectivity index (χ0v) is 81.8. The highest BCUT2D eigenvalue weighted by Crippen LogP contribution is 2.37. The third-order valence-electron chi connectivity index (χ3n) is 24.0. The number of carbonyl (C=O) groups is 1. The van der Waals surface area contributed by atoms with Gasteiger partial charge < -0.3 is 28.1 Å². The van der Waals surface area contributed by atoms with Gasteiger partial charge in [-0.15, -0.1) is 47.2 Å². The number of para-hydroxylation sites is 2. The maximum absolute atomic E-state index is 12.9. The van der Waals surface area contributed by atoms with Crippen LogP contribution in [0.3, 0.4) is 0 Å². The fourth-order valence-corrected chi connectivity index (χ4v) is 17.4. The number of fused-ring (bicyclic) bond motifs is 2. The Labute approximate surface area is 853 Å². The normalized spacial score (nSPS) is 10.9. The van der Waals surface area contributed by atoms with E-state index in [4.69, 9.17) is 84.9 Å². The van der Waals surface area contributed by atoms with E-state index in [1.807, 2.05) is 172 Å². The summed E-state index contributed by atoms with van der Waals surface area (Å²) in [4.78, 5) is 31.7. The first-order valence-corrected chi connectivity index (χ1v) is 47.9. The molecule has 0 N–H and O–H groups in total. The third kappa shape index (κ3) is 28.2. The van der Waals surface area contributed by atoms with Crippen molar-refractivity contribution < 1.29 is 4.79 Å². The molecule has 0 atom stereocenters. The van der Waals surface area contributed by atoms with Gasteiger partial charge >= 0.3 is 0 Å². The summed E-state index contributed by atoms with van der Waals surface area (Å²) in [5, 5.41) is 57.7. The van der Waals surface area contributed by atoms with Crippen LogP contribution >= 0.6 is 58.0 Å². The number of pyridine rings is 2. The fraction of sp³-hybridized carbons (Fsp3) is 0.164. The van der Waals surface area contributed by atoms with Gasteiger partial charge in [-0.2, -0.15) is 10.5 Å². The Hall–Kier alpha value is -15.6. The van der Waals surface area contributed by atoms with Crippen LogP contribution in [0, 0.1) is 55.8 Å². The number of ketones is 1. The van der Waals surface area contributed by atoms with Gasteiger partial charge in [0.15, 0.2) is 17.4 Å². The van der Waals surface area contributed by atoms with Crippen molar-refractivity contribution in [2.24, 2.45) is 0 Å². The summed E-state index contributed by atoms with van der Waals surface area (Å²) in [6, 6.07) is 114. The molecule has 708 valence electrons. The molecule has 0 spiro atoms. The molecule has 21 nitrogen and oxygen atoms in total. The molecule has 6 heterocycles. The van der Waals surface area contributed by atoms with Crippen molar-refractivity contribution in [3.63, 3.8) is 0 Å². The standard InChI is InChI=1S/C30H21Cl2N5O.C30H31N5.C29H28ClN5.C26H19Cl2N5.CH4/c31-25-12-15-28(27(32)16-25)37(26-13-10-24(11-14-26)30(38)23-4-2-1-3-5-23)19-29-35-34-20-36(29)18-22-8-6-21(17-33)7-9-22;1-23-7-11-25(12-8-23)17-18-34(20-28-16-15-27-5-3-4-6-29(27)32-28)21-30-33-31-22-35(30)19-26-13-9-24(2)10-14-26;1-22-10-12-23(13-11-22)16-17-34(19-26-15-14-24-6-3-5-9-28(24)32-26)20-29-33-31-21-35(29)18-25-7-2-4-8-27(25)30;1-2-19-3-7-21(8-4-19)15-32(25-12-11-23(27)13-24(25)28)17-26-31-30-18-33(26)16-22-9-5-20(14-29)6-10-22;/h1-16,20H,18-19H2;3-16,22H,17-21H2,1-2H3;2-15,21H,16-20H2,1H3;1,3-13,18H,15-17H2;1H4. The topological polar surface area (TPSA) is 226 Å². The monoisotopic (exact) mass is 1970 g/mol. The highest BCUT2D eigenvalue weighted by atomic mass is 35.5. The van der Waals surface area contributed by atoms with Crippen LogP contribution in [0.5, 0.6) is 0 Å². The van der Waals surface area contributed by atoms with Gasteiger partial charge in [-0.05, 0) is 200 Å². The maximum Gasteiger partial charge on any atom is 0.193 e. The van der Waals surface area contributed by atoms with Gasteiger partial charge in [0.05, 0.1) is 119 Å². The number of nitrogens with zero attached hydrogens (tertiary/aromatic N) is 20. The third-order valence-corrected chi connectivity index (χ3v) is 25.4. The second-order valence-corrected chi connectivity index (χ2v) is 36.4. The minimum atomic E-state index is -0.0459. The number of rotatable bonds is 33. The Balaban J connectivity index is 0.000000143. The number of carbonyl (C=O) groups excluding carboxylic acids is 1.